The summed E-state index contributed by atoms with van der Waals surface area (Å²) in [6.45, 7) is 2.96. The van der Waals surface area contributed by atoms with E-state index in [0.717, 1.165) is 37.7 Å². The number of carbonyl (C=O) groups excluding carboxylic acids is 1. The monoisotopic (exact) mass is 333 g/mol. The molecule has 1 aliphatic carbocycles. The van der Waals surface area contributed by atoms with Crippen LogP contribution in [0.1, 0.15) is 38.5 Å². The number of carbonyl (C=O) groups is 1. The van der Waals surface area contributed by atoms with Crippen molar-refractivity contribution in [1.29, 1.82) is 0 Å². The largest absolute Gasteiger partial charge is 0.370 e. The predicted molar refractivity (Wildman–Crippen MR) is 96.9 cm³/mol. The number of amides is 1. The van der Waals surface area contributed by atoms with Crippen LogP contribution in [-0.2, 0) is 4.79 Å². The first-order chi connectivity index (χ1) is 11.3. The zero-order chi connectivity index (χ0) is 15.9. The highest BCUT2D eigenvalue weighted by atomic mass is 32.2. The molecule has 126 valence electrons. The van der Waals surface area contributed by atoms with Crippen LogP contribution in [-0.4, -0.2) is 41.5 Å². The third kappa shape index (κ3) is 5.13. The summed E-state index contributed by atoms with van der Waals surface area (Å²) in [4.78, 5) is 18.6. The van der Waals surface area contributed by atoms with Crippen LogP contribution in [0, 0.1) is 5.92 Å². The van der Waals surface area contributed by atoms with Gasteiger partial charge < -0.3 is 10.2 Å². The molecule has 2 aliphatic rings. The Morgan fingerprint density at radius 2 is 2.04 bits per heavy atom. The highest BCUT2D eigenvalue weighted by Gasteiger charge is 2.21. The summed E-state index contributed by atoms with van der Waals surface area (Å²) in [5, 5.41) is 3.87. The molecule has 0 radical (unpaired) electrons. The van der Waals surface area contributed by atoms with Crippen molar-refractivity contribution in [2.45, 2.75) is 43.8 Å². The average Bonchev–Trinajstić information content (AvgIpc) is 3.13. The fourth-order valence-corrected chi connectivity index (χ4v) is 4.65. The van der Waals surface area contributed by atoms with Crippen molar-refractivity contribution in [1.82, 2.24) is 10.3 Å². The Morgan fingerprint density at radius 3 is 2.74 bits per heavy atom. The summed E-state index contributed by atoms with van der Waals surface area (Å²) in [6, 6.07) is 4.11. The number of nitrogens with one attached hydrogen (secondary N) is 1. The number of hydrogen-bond acceptors (Lipinski definition) is 4. The van der Waals surface area contributed by atoms with Crippen molar-refractivity contribution in [2.75, 3.05) is 30.3 Å². The molecule has 23 heavy (non-hydrogen) atoms. The smallest absolute Gasteiger partial charge is 0.230 e. The van der Waals surface area contributed by atoms with E-state index in [4.69, 9.17) is 0 Å². The van der Waals surface area contributed by atoms with E-state index in [9.17, 15) is 4.79 Å². The van der Waals surface area contributed by atoms with Gasteiger partial charge in [-0.3, -0.25) is 9.78 Å². The number of rotatable bonds is 6. The Kier molecular flexibility index (Phi) is 6.20. The minimum absolute atomic E-state index is 0.219. The molecule has 1 amide bonds. The van der Waals surface area contributed by atoms with Gasteiger partial charge in [-0.05, 0) is 43.7 Å². The number of thioether (sulfide) groups is 1. The molecule has 1 aliphatic heterocycles. The number of piperidine rings is 1. The van der Waals surface area contributed by atoms with Gasteiger partial charge in [0.1, 0.15) is 0 Å². The van der Waals surface area contributed by atoms with Crippen molar-refractivity contribution in [2.24, 2.45) is 5.92 Å². The minimum Gasteiger partial charge on any atom is -0.370 e. The number of anilines is 1. The SMILES string of the molecule is O=C(CSC1CCCC1)NCC1CCN(c2cccnc2)CC1. The maximum absolute atomic E-state index is 12.0. The standard InChI is InChI=1S/C18H27N3OS/c22-18(14-23-17-5-1-2-6-17)20-12-15-7-10-21(11-8-15)16-4-3-9-19-13-16/h3-4,9,13,15,17H,1-2,5-8,10-12,14H2,(H,20,22). The highest BCUT2D eigenvalue weighted by molar-refractivity contribution is 8.00. The molecular weight excluding hydrogens is 306 g/mol. The van der Waals surface area contributed by atoms with Crippen molar-refractivity contribution >= 4 is 23.4 Å². The topological polar surface area (TPSA) is 45.2 Å². The van der Waals surface area contributed by atoms with Crippen molar-refractivity contribution < 1.29 is 4.79 Å². The van der Waals surface area contributed by atoms with Gasteiger partial charge >= 0.3 is 0 Å². The molecule has 2 heterocycles. The molecule has 0 spiro atoms. The maximum atomic E-state index is 12.0. The average molecular weight is 334 g/mol. The summed E-state index contributed by atoms with van der Waals surface area (Å²) >= 11 is 1.85. The molecule has 5 heteroatoms. The molecule has 3 rings (SSSR count). The lowest BCUT2D eigenvalue weighted by atomic mass is 9.96. The van der Waals surface area contributed by atoms with Crippen LogP contribution in [0.15, 0.2) is 24.5 Å². The van der Waals surface area contributed by atoms with E-state index < -0.39 is 0 Å². The fraction of sp³-hybridized carbons (Fsp3) is 0.667. The zero-order valence-corrected chi connectivity index (χ0v) is 14.6. The number of nitrogens with zero attached hydrogens (tertiary/aromatic N) is 2. The van der Waals surface area contributed by atoms with Gasteiger partial charge in [0, 0.05) is 31.1 Å². The Morgan fingerprint density at radius 1 is 1.26 bits per heavy atom. The van der Waals surface area contributed by atoms with Crippen LogP contribution < -0.4 is 10.2 Å². The molecule has 4 nitrogen and oxygen atoms in total. The number of pyridine rings is 1. The van der Waals surface area contributed by atoms with Crippen molar-refractivity contribution in [3.8, 4) is 0 Å². The van der Waals surface area contributed by atoms with Crippen LogP contribution in [0.25, 0.3) is 0 Å². The van der Waals surface area contributed by atoms with Crippen LogP contribution >= 0.6 is 11.8 Å². The Balaban J connectivity index is 1.32. The number of aromatic nitrogens is 1. The highest BCUT2D eigenvalue weighted by Crippen LogP contribution is 2.29. The molecule has 1 saturated heterocycles. The summed E-state index contributed by atoms with van der Waals surface area (Å²) in [5.74, 6) is 1.47. The summed E-state index contributed by atoms with van der Waals surface area (Å²) < 4.78 is 0. The van der Waals surface area contributed by atoms with E-state index in [-0.39, 0.29) is 5.91 Å². The van der Waals surface area contributed by atoms with Gasteiger partial charge in [0.05, 0.1) is 17.6 Å². The molecule has 1 aromatic heterocycles. The summed E-state index contributed by atoms with van der Waals surface area (Å²) in [7, 11) is 0. The van der Waals surface area contributed by atoms with Gasteiger partial charge in [0.25, 0.3) is 0 Å². The first kappa shape index (κ1) is 16.6. The molecule has 0 aromatic carbocycles. The molecule has 2 fully saturated rings. The second-order valence-electron chi connectivity index (χ2n) is 6.66. The van der Waals surface area contributed by atoms with E-state index in [1.165, 1.54) is 31.4 Å². The predicted octanol–water partition coefficient (Wildman–Crippen LogP) is 3.09. The third-order valence-electron chi connectivity index (χ3n) is 4.97. The van der Waals surface area contributed by atoms with E-state index in [1.807, 2.05) is 30.2 Å². The van der Waals surface area contributed by atoms with Gasteiger partial charge in [-0.2, -0.15) is 0 Å². The van der Waals surface area contributed by atoms with Crippen LogP contribution in [0.2, 0.25) is 0 Å². The Hall–Kier alpha value is -1.23. The van der Waals surface area contributed by atoms with Crippen LogP contribution in [0.3, 0.4) is 0 Å². The number of hydrogen-bond donors (Lipinski definition) is 1. The molecule has 0 atom stereocenters. The lowest BCUT2D eigenvalue weighted by Gasteiger charge is -2.33. The van der Waals surface area contributed by atoms with Gasteiger partial charge in [-0.15, -0.1) is 11.8 Å². The maximum Gasteiger partial charge on any atom is 0.230 e. The quantitative estimate of drug-likeness (QED) is 0.869. The second kappa shape index (κ2) is 8.57. The molecule has 1 aromatic rings. The summed E-state index contributed by atoms with van der Waals surface area (Å²) in [6.07, 6.45) is 11.3. The van der Waals surface area contributed by atoms with Gasteiger partial charge in [0.15, 0.2) is 0 Å². The first-order valence-electron chi connectivity index (χ1n) is 8.84. The first-order valence-corrected chi connectivity index (χ1v) is 9.89. The minimum atomic E-state index is 0.219. The van der Waals surface area contributed by atoms with E-state index in [2.05, 4.69) is 21.3 Å². The van der Waals surface area contributed by atoms with Gasteiger partial charge in [0.2, 0.25) is 5.91 Å². The normalized spacial score (nSPS) is 19.9. The van der Waals surface area contributed by atoms with Crippen LogP contribution in [0.5, 0.6) is 0 Å². The lowest BCUT2D eigenvalue weighted by Crippen LogP contribution is -2.39. The third-order valence-corrected chi connectivity index (χ3v) is 6.34. The van der Waals surface area contributed by atoms with E-state index >= 15 is 0 Å². The second-order valence-corrected chi connectivity index (χ2v) is 7.95. The fourth-order valence-electron chi connectivity index (χ4n) is 3.49. The van der Waals surface area contributed by atoms with Gasteiger partial charge in [-0.25, -0.2) is 0 Å². The van der Waals surface area contributed by atoms with Crippen molar-refractivity contribution in [3.05, 3.63) is 24.5 Å². The summed E-state index contributed by atoms with van der Waals surface area (Å²) in [5.41, 5.74) is 1.21. The lowest BCUT2D eigenvalue weighted by molar-refractivity contribution is -0.118. The van der Waals surface area contributed by atoms with Crippen LogP contribution in [0.4, 0.5) is 5.69 Å². The molecular formula is C18H27N3OS. The Bertz CT molecular complexity index is 482. The van der Waals surface area contributed by atoms with E-state index in [1.54, 1.807) is 0 Å². The molecule has 1 N–H and O–H groups in total. The van der Waals surface area contributed by atoms with Crippen molar-refractivity contribution in [3.63, 3.8) is 0 Å². The van der Waals surface area contributed by atoms with E-state index in [0.29, 0.717) is 11.7 Å². The Labute approximate surface area is 143 Å². The zero-order valence-electron chi connectivity index (χ0n) is 13.7. The van der Waals surface area contributed by atoms with Gasteiger partial charge in [-0.1, -0.05) is 12.8 Å². The molecule has 0 unspecified atom stereocenters. The molecule has 0 bridgehead atoms. The molecule has 1 saturated carbocycles.